The van der Waals surface area contributed by atoms with Crippen LogP contribution < -0.4 is 5.32 Å². The van der Waals surface area contributed by atoms with Gasteiger partial charge in [0.1, 0.15) is 0 Å². The third-order valence-corrected chi connectivity index (χ3v) is 2.06. The fourth-order valence-corrected chi connectivity index (χ4v) is 1.32. The van der Waals surface area contributed by atoms with Crippen molar-refractivity contribution in [3.63, 3.8) is 0 Å². The average Bonchev–Trinajstić information content (AvgIpc) is 2.08. The molecule has 0 bridgehead atoms. The number of hydrogen-bond donors (Lipinski definition) is 1. The average molecular weight is 191 g/mol. The maximum atomic E-state index is 11.7. The van der Waals surface area contributed by atoms with Crippen LogP contribution in [0.15, 0.2) is 18.2 Å². The summed E-state index contributed by atoms with van der Waals surface area (Å²) in [6.45, 7) is 7.87. The van der Waals surface area contributed by atoms with E-state index in [0.29, 0.717) is 0 Å². The molecule has 1 aromatic carbocycles. The van der Waals surface area contributed by atoms with Crippen molar-refractivity contribution in [2.75, 3.05) is 0 Å². The highest BCUT2D eigenvalue weighted by Gasteiger charge is 2.09. The Morgan fingerprint density at radius 2 is 1.93 bits per heavy atom. The summed E-state index contributed by atoms with van der Waals surface area (Å²) in [7, 11) is 0. The zero-order valence-corrected chi connectivity index (χ0v) is 9.22. The normalized spacial score (nSPS) is 10.4. The van der Waals surface area contributed by atoms with E-state index in [1.807, 2.05) is 45.9 Å². The summed E-state index contributed by atoms with van der Waals surface area (Å²) >= 11 is 0. The van der Waals surface area contributed by atoms with Gasteiger partial charge in [0, 0.05) is 11.6 Å². The first-order valence-corrected chi connectivity index (χ1v) is 4.89. The lowest BCUT2D eigenvalue weighted by molar-refractivity contribution is 0.0942. The molecule has 1 aromatic rings. The number of rotatable bonds is 2. The van der Waals surface area contributed by atoms with Gasteiger partial charge in [-0.05, 0) is 39.3 Å². The molecule has 0 heterocycles. The summed E-state index contributed by atoms with van der Waals surface area (Å²) in [4.78, 5) is 11.7. The first-order chi connectivity index (χ1) is 6.50. The van der Waals surface area contributed by atoms with Crippen molar-refractivity contribution in [1.82, 2.24) is 5.32 Å². The maximum absolute atomic E-state index is 11.7. The lowest BCUT2D eigenvalue weighted by Gasteiger charge is -2.10. The Labute approximate surface area is 85.3 Å². The van der Waals surface area contributed by atoms with Gasteiger partial charge in [0.2, 0.25) is 0 Å². The molecule has 1 amide bonds. The fourth-order valence-electron chi connectivity index (χ4n) is 1.32. The summed E-state index contributed by atoms with van der Waals surface area (Å²) in [5.41, 5.74) is 2.91. The molecule has 0 unspecified atom stereocenters. The Morgan fingerprint density at radius 1 is 1.29 bits per heavy atom. The maximum Gasteiger partial charge on any atom is 0.251 e. The Morgan fingerprint density at radius 3 is 2.50 bits per heavy atom. The third kappa shape index (κ3) is 2.59. The van der Waals surface area contributed by atoms with Crippen molar-refractivity contribution in [2.24, 2.45) is 0 Å². The monoisotopic (exact) mass is 191 g/mol. The molecule has 76 valence electrons. The van der Waals surface area contributed by atoms with E-state index in [9.17, 15) is 4.79 Å². The lowest BCUT2D eigenvalue weighted by Crippen LogP contribution is -2.30. The van der Waals surface area contributed by atoms with Crippen LogP contribution in [-0.4, -0.2) is 11.9 Å². The Bertz CT molecular complexity index is 342. The van der Waals surface area contributed by atoms with E-state index in [1.54, 1.807) is 0 Å². The first-order valence-electron chi connectivity index (χ1n) is 4.89. The van der Waals surface area contributed by atoms with Gasteiger partial charge >= 0.3 is 0 Å². The molecule has 0 aliphatic rings. The molecule has 0 saturated carbocycles. The van der Waals surface area contributed by atoms with Gasteiger partial charge in [-0.1, -0.05) is 17.7 Å². The summed E-state index contributed by atoms with van der Waals surface area (Å²) in [6.07, 6.45) is 0. The van der Waals surface area contributed by atoms with Gasteiger partial charge in [0.15, 0.2) is 0 Å². The van der Waals surface area contributed by atoms with E-state index >= 15 is 0 Å². The molecule has 1 rings (SSSR count). The Kier molecular flexibility index (Phi) is 3.28. The minimum atomic E-state index is 0.0150. The molecule has 0 aliphatic heterocycles. The smallest absolute Gasteiger partial charge is 0.251 e. The topological polar surface area (TPSA) is 29.1 Å². The molecular weight excluding hydrogens is 174 g/mol. The van der Waals surface area contributed by atoms with Crippen LogP contribution in [0.5, 0.6) is 0 Å². The number of carbonyl (C=O) groups is 1. The predicted octanol–water partition coefficient (Wildman–Crippen LogP) is 2.44. The van der Waals surface area contributed by atoms with Gasteiger partial charge in [-0.3, -0.25) is 4.79 Å². The SMILES string of the molecule is Cc1ccc(C)c(C(=O)NC(C)C)c1. The zero-order chi connectivity index (χ0) is 10.7. The van der Waals surface area contributed by atoms with Crippen LogP contribution in [0.3, 0.4) is 0 Å². The summed E-state index contributed by atoms with van der Waals surface area (Å²) in [5, 5.41) is 2.89. The summed E-state index contributed by atoms with van der Waals surface area (Å²) in [5.74, 6) is 0.0150. The van der Waals surface area contributed by atoms with Crippen molar-refractivity contribution in [2.45, 2.75) is 33.7 Å². The van der Waals surface area contributed by atoms with Gasteiger partial charge in [-0.15, -0.1) is 0 Å². The molecule has 0 fully saturated rings. The minimum Gasteiger partial charge on any atom is -0.350 e. The number of benzene rings is 1. The number of amides is 1. The van der Waals surface area contributed by atoms with Crippen LogP contribution in [-0.2, 0) is 0 Å². The van der Waals surface area contributed by atoms with Gasteiger partial charge < -0.3 is 5.32 Å². The molecule has 0 aromatic heterocycles. The summed E-state index contributed by atoms with van der Waals surface area (Å²) < 4.78 is 0. The molecule has 1 N–H and O–H groups in total. The van der Waals surface area contributed by atoms with Crippen LogP contribution in [0.1, 0.15) is 35.3 Å². The molecule has 0 aliphatic carbocycles. The predicted molar refractivity (Wildman–Crippen MR) is 58.5 cm³/mol. The van der Waals surface area contributed by atoms with Gasteiger partial charge in [0.25, 0.3) is 5.91 Å². The standard InChI is InChI=1S/C12H17NO/c1-8(2)13-12(14)11-7-9(3)5-6-10(11)4/h5-8H,1-4H3,(H,13,14). The molecule has 0 atom stereocenters. The van der Waals surface area contributed by atoms with Crippen LogP contribution in [0.2, 0.25) is 0 Å². The van der Waals surface area contributed by atoms with Gasteiger partial charge in [-0.2, -0.15) is 0 Å². The van der Waals surface area contributed by atoms with E-state index in [4.69, 9.17) is 0 Å². The van der Waals surface area contributed by atoms with E-state index in [-0.39, 0.29) is 11.9 Å². The van der Waals surface area contributed by atoms with E-state index in [2.05, 4.69) is 5.32 Å². The van der Waals surface area contributed by atoms with Gasteiger partial charge in [0.05, 0.1) is 0 Å². The number of hydrogen-bond acceptors (Lipinski definition) is 1. The van der Waals surface area contributed by atoms with Crippen molar-refractivity contribution >= 4 is 5.91 Å². The van der Waals surface area contributed by atoms with Gasteiger partial charge in [-0.25, -0.2) is 0 Å². The second kappa shape index (κ2) is 4.27. The second-order valence-electron chi connectivity index (χ2n) is 3.95. The number of nitrogens with one attached hydrogen (secondary N) is 1. The fraction of sp³-hybridized carbons (Fsp3) is 0.417. The van der Waals surface area contributed by atoms with Crippen molar-refractivity contribution in [3.05, 3.63) is 34.9 Å². The zero-order valence-electron chi connectivity index (χ0n) is 9.22. The van der Waals surface area contributed by atoms with E-state index in [0.717, 1.165) is 16.7 Å². The number of aryl methyl sites for hydroxylation is 2. The van der Waals surface area contributed by atoms with E-state index < -0.39 is 0 Å². The van der Waals surface area contributed by atoms with E-state index in [1.165, 1.54) is 0 Å². The molecule has 2 heteroatoms. The van der Waals surface area contributed by atoms with Crippen LogP contribution in [0, 0.1) is 13.8 Å². The largest absolute Gasteiger partial charge is 0.350 e. The third-order valence-electron chi connectivity index (χ3n) is 2.06. The Hall–Kier alpha value is -1.31. The van der Waals surface area contributed by atoms with Crippen LogP contribution >= 0.6 is 0 Å². The molecular formula is C12H17NO. The summed E-state index contributed by atoms with van der Waals surface area (Å²) in [6, 6.07) is 6.10. The first kappa shape index (κ1) is 10.8. The van der Waals surface area contributed by atoms with Crippen molar-refractivity contribution in [3.8, 4) is 0 Å². The van der Waals surface area contributed by atoms with Crippen LogP contribution in [0.25, 0.3) is 0 Å². The highest BCUT2D eigenvalue weighted by molar-refractivity contribution is 5.95. The highest BCUT2D eigenvalue weighted by Crippen LogP contribution is 2.10. The van der Waals surface area contributed by atoms with Crippen molar-refractivity contribution in [1.29, 1.82) is 0 Å². The van der Waals surface area contributed by atoms with Crippen molar-refractivity contribution < 1.29 is 4.79 Å². The molecule has 0 spiro atoms. The molecule has 0 saturated heterocycles. The lowest BCUT2D eigenvalue weighted by atomic mass is 10.0. The Balaban J connectivity index is 2.94. The van der Waals surface area contributed by atoms with Crippen LogP contribution in [0.4, 0.5) is 0 Å². The quantitative estimate of drug-likeness (QED) is 0.764. The molecule has 2 nitrogen and oxygen atoms in total. The number of carbonyl (C=O) groups excluding carboxylic acids is 1. The molecule has 0 radical (unpaired) electrons. The molecule has 14 heavy (non-hydrogen) atoms. The minimum absolute atomic E-state index is 0.0150. The highest BCUT2D eigenvalue weighted by atomic mass is 16.1. The second-order valence-corrected chi connectivity index (χ2v) is 3.95.